The van der Waals surface area contributed by atoms with E-state index in [1.54, 1.807) is 27.0 Å². The third kappa shape index (κ3) is 3.54. The first-order chi connectivity index (χ1) is 15.1. The number of hydrogen-bond donors (Lipinski definition) is 2. The van der Waals surface area contributed by atoms with Gasteiger partial charge in [0.05, 0.1) is 30.8 Å². The molecule has 3 heterocycles. The number of benzene rings is 2. The van der Waals surface area contributed by atoms with Crippen molar-refractivity contribution in [1.82, 2.24) is 0 Å². The molecule has 6 heteroatoms. The van der Waals surface area contributed by atoms with Crippen LogP contribution in [0.3, 0.4) is 0 Å². The number of rotatable bonds is 4. The summed E-state index contributed by atoms with van der Waals surface area (Å²) in [4.78, 5) is 0. The molecule has 0 spiro atoms. The van der Waals surface area contributed by atoms with Crippen molar-refractivity contribution in [3.05, 3.63) is 40.5 Å². The summed E-state index contributed by atoms with van der Waals surface area (Å²) in [5.41, 5.74) is 2.80. The van der Waals surface area contributed by atoms with E-state index in [1.807, 2.05) is 12.1 Å². The highest BCUT2D eigenvalue weighted by molar-refractivity contribution is 5.63. The summed E-state index contributed by atoms with van der Waals surface area (Å²) < 4.78 is 24.7. The van der Waals surface area contributed by atoms with Crippen molar-refractivity contribution in [2.75, 3.05) is 13.7 Å². The first-order valence-corrected chi connectivity index (χ1v) is 11.4. The van der Waals surface area contributed by atoms with Gasteiger partial charge in [-0.05, 0) is 65.0 Å². The Morgan fingerprint density at radius 2 is 1.94 bits per heavy atom. The van der Waals surface area contributed by atoms with Gasteiger partial charge in [0, 0.05) is 23.3 Å². The molecular weight excluding hydrogens is 408 g/mol. The Labute approximate surface area is 189 Å². The van der Waals surface area contributed by atoms with E-state index < -0.39 is 5.60 Å². The maximum Gasteiger partial charge on any atom is 0.141 e. The first-order valence-electron chi connectivity index (χ1n) is 11.4. The summed E-state index contributed by atoms with van der Waals surface area (Å²) in [5.74, 6) is 3.21. The van der Waals surface area contributed by atoms with Gasteiger partial charge in [0.15, 0.2) is 0 Å². The number of phenolic OH excluding ortho intramolecular Hbond substituents is 1. The molecule has 0 amide bonds. The predicted octanol–water partition coefficient (Wildman–Crippen LogP) is 4.82. The lowest BCUT2D eigenvalue weighted by atomic mass is 9.84. The number of methoxy groups -OCH3 is 1. The van der Waals surface area contributed by atoms with Gasteiger partial charge in [-0.25, -0.2) is 0 Å². The molecule has 0 unspecified atom stereocenters. The standard InChI is InChI=1S/C26H32O6/c1-25(2,28)8-6-14-10-16-17-13-30-21-12-20-15(7-9-26(3,4)32-20)23(29-5)22(21)24(17)31-19(16)11-18(14)27/h10-12,17,24,27-28H,6-9,13H2,1-5H3/t17-,24+/m0/s1. The fourth-order valence-electron chi connectivity index (χ4n) is 5.06. The van der Waals surface area contributed by atoms with Gasteiger partial charge < -0.3 is 29.2 Å². The van der Waals surface area contributed by atoms with Gasteiger partial charge in [0.2, 0.25) is 0 Å². The van der Waals surface area contributed by atoms with Gasteiger partial charge in [-0.2, -0.15) is 0 Å². The number of phenols is 1. The summed E-state index contributed by atoms with van der Waals surface area (Å²) >= 11 is 0. The number of aliphatic hydroxyl groups is 1. The van der Waals surface area contributed by atoms with Crippen LogP contribution in [-0.4, -0.2) is 35.1 Å². The zero-order valence-corrected chi connectivity index (χ0v) is 19.4. The molecule has 0 aliphatic carbocycles. The molecule has 0 fully saturated rings. The monoisotopic (exact) mass is 440 g/mol. The fourth-order valence-corrected chi connectivity index (χ4v) is 5.06. The van der Waals surface area contributed by atoms with Crippen LogP contribution in [0.2, 0.25) is 0 Å². The molecule has 3 aliphatic rings. The van der Waals surface area contributed by atoms with Crippen LogP contribution in [0.15, 0.2) is 18.2 Å². The first kappa shape index (κ1) is 21.3. The molecule has 0 saturated heterocycles. The highest BCUT2D eigenvalue weighted by Gasteiger charge is 2.45. The number of fused-ring (bicyclic) bond motifs is 6. The highest BCUT2D eigenvalue weighted by Crippen LogP contribution is 2.57. The average molecular weight is 441 g/mol. The SMILES string of the molecule is COc1c2c(cc3c1[C@@H]1Oc4cc(O)c(CCC(C)(C)O)cc4[C@@H]1CO3)OC(C)(C)CC2. The highest BCUT2D eigenvalue weighted by atomic mass is 16.5. The molecule has 2 aromatic carbocycles. The van der Waals surface area contributed by atoms with Crippen LogP contribution < -0.4 is 18.9 Å². The number of ether oxygens (including phenoxy) is 4. The average Bonchev–Trinajstić information content (AvgIpc) is 3.06. The molecule has 2 N–H and O–H groups in total. The lowest BCUT2D eigenvalue weighted by molar-refractivity contribution is 0.0712. The molecule has 0 aromatic heterocycles. The van der Waals surface area contributed by atoms with Gasteiger partial charge in [-0.3, -0.25) is 0 Å². The Balaban J connectivity index is 1.53. The quantitative estimate of drug-likeness (QED) is 0.710. The second-order valence-electron chi connectivity index (χ2n) is 10.4. The fraction of sp³-hybridized carbons (Fsp3) is 0.538. The van der Waals surface area contributed by atoms with E-state index in [4.69, 9.17) is 18.9 Å². The van der Waals surface area contributed by atoms with E-state index in [9.17, 15) is 10.2 Å². The molecular formula is C26H32O6. The summed E-state index contributed by atoms with van der Waals surface area (Å²) in [6.07, 6.45) is 2.67. The maximum atomic E-state index is 10.6. The van der Waals surface area contributed by atoms with Gasteiger partial charge in [-0.1, -0.05) is 0 Å². The summed E-state index contributed by atoms with van der Waals surface area (Å²) in [5, 5.41) is 20.7. The topological polar surface area (TPSA) is 77.4 Å². The normalized spacial score (nSPS) is 22.4. The predicted molar refractivity (Wildman–Crippen MR) is 120 cm³/mol. The van der Waals surface area contributed by atoms with Gasteiger partial charge in [-0.15, -0.1) is 0 Å². The van der Waals surface area contributed by atoms with Crippen LogP contribution in [0, 0.1) is 0 Å². The molecule has 3 aliphatic heterocycles. The Morgan fingerprint density at radius 1 is 1.16 bits per heavy atom. The maximum absolute atomic E-state index is 10.6. The lowest BCUT2D eigenvalue weighted by Gasteiger charge is -2.36. The molecule has 0 saturated carbocycles. The Hall–Kier alpha value is -2.60. The Morgan fingerprint density at radius 3 is 2.66 bits per heavy atom. The van der Waals surface area contributed by atoms with Crippen molar-refractivity contribution in [3.63, 3.8) is 0 Å². The molecule has 0 radical (unpaired) electrons. The van der Waals surface area contributed by atoms with E-state index in [1.165, 1.54) is 0 Å². The molecule has 5 rings (SSSR count). The van der Waals surface area contributed by atoms with E-state index in [-0.39, 0.29) is 23.4 Å². The van der Waals surface area contributed by atoms with Crippen molar-refractivity contribution in [1.29, 1.82) is 0 Å². The van der Waals surface area contributed by atoms with Crippen LogP contribution in [0.5, 0.6) is 28.7 Å². The Bertz CT molecular complexity index is 1070. The molecule has 2 aromatic rings. The van der Waals surface area contributed by atoms with Crippen molar-refractivity contribution >= 4 is 0 Å². The van der Waals surface area contributed by atoms with Gasteiger partial charge >= 0.3 is 0 Å². The van der Waals surface area contributed by atoms with Crippen molar-refractivity contribution < 1.29 is 29.2 Å². The minimum absolute atomic E-state index is 0.00638. The van der Waals surface area contributed by atoms with Gasteiger partial charge in [0.1, 0.15) is 40.5 Å². The number of aryl methyl sites for hydroxylation is 1. The molecule has 2 atom stereocenters. The summed E-state index contributed by atoms with van der Waals surface area (Å²) in [6, 6.07) is 5.68. The second kappa shape index (κ2) is 7.20. The number of aromatic hydroxyl groups is 1. The Kier molecular flexibility index (Phi) is 4.79. The third-order valence-corrected chi connectivity index (χ3v) is 6.85. The molecule has 32 heavy (non-hydrogen) atoms. The van der Waals surface area contributed by atoms with Crippen LogP contribution in [-0.2, 0) is 12.8 Å². The smallest absolute Gasteiger partial charge is 0.141 e. The van der Waals surface area contributed by atoms with Crippen LogP contribution in [0.1, 0.15) is 74.8 Å². The van der Waals surface area contributed by atoms with Gasteiger partial charge in [0.25, 0.3) is 0 Å². The van der Waals surface area contributed by atoms with E-state index in [0.717, 1.165) is 52.3 Å². The zero-order valence-electron chi connectivity index (χ0n) is 19.4. The zero-order chi connectivity index (χ0) is 22.8. The minimum Gasteiger partial charge on any atom is -0.508 e. The summed E-state index contributed by atoms with van der Waals surface area (Å²) in [6.45, 7) is 8.22. The van der Waals surface area contributed by atoms with Crippen LogP contribution >= 0.6 is 0 Å². The summed E-state index contributed by atoms with van der Waals surface area (Å²) in [7, 11) is 1.68. The molecule has 6 nitrogen and oxygen atoms in total. The second-order valence-corrected chi connectivity index (χ2v) is 10.4. The van der Waals surface area contributed by atoms with Crippen LogP contribution in [0.4, 0.5) is 0 Å². The van der Waals surface area contributed by atoms with E-state index in [2.05, 4.69) is 13.8 Å². The molecule has 0 bridgehead atoms. The number of hydrogen-bond acceptors (Lipinski definition) is 6. The van der Waals surface area contributed by atoms with Crippen molar-refractivity contribution in [2.24, 2.45) is 0 Å². The van der Waals surface area contributed by atoms with E-state index >= 15 is 0 Å². The molecule has 172 valence electrons. The largest absolute Gasteiger partial charge is 0.508 e. The third-order valence-electron chi connectivity index (χ3n) is 6.85. The minimum atomic E-state index is -0.791. The van der Waals surface area contributed by atoms with Crippen LogP contribution in [0.25, 0.3) is 0 Å². The van der Waals surface area contributed by atoms with Crippen molar-refractivity contribution in [2.45, 2.75) is 76.6 Å². The van der Waals surface area contributed by atoms with Crippen molar-refractivity contribution in [3.8, 4) is 28.7 Å². The lowest BCUT2D eigenvalue weighted by Crippen LogP contribution is -2.33. The van der Waals surface area contributed by atoms with E-state index in [0.29, 0.717) is 25.2 Å².